The SMILES string of the molecule is O=C(N[C@@H]1CCN(c2ccc(F)cc2F)C1)c1ccc[nH]c1=S. The van der Waals surface area contributed by atoms with E-state index >= 15 is 0 Å². The van der Waals surface area contributed by atoms with Gasteiger partial charge in [-0.2, -0.15) is 0 Å². The molecule has 120 valence electrons. The first-order valence-electron chi connectivity index (χ1n) is 7.23. The van der Waals surface area contributed by atoms with Crippen LogP contribution in [0.15, 0.2) is 36.5 Å². The first-order chi connectivity index (χ1) is 11.0. The van der Waals surface area contributed by atoms with Crippen molar-refractivity contribution in [2.75, 3.05) is 18.0 Å². The minimum absolute atomic E-state index is 0.110. The number of H-pyrrole nitrogens is 1. The number of anilines is 1. The maximum absolute atomic E-state index is 13.8. The number of nitrogens with zero attached hydrogens (tertiary/aromatic N) is 1. The Labute approximate surface area is 137 Å². The molecule has 2 aromatic rings. The molecule has 1 aliphatic rings. The number of halogens is 2. The number of amides is 1. The fourth-order valence-corrected chi connectivity index (χ4v) is 2.93. The largest absolute Gasteiger partial charge is 0.367 e. The molecule has 1 aromatic carbocycles. The number of aromatic nitrogens is 1. The summed E-state index contributed by atoms with van der Waals surface area (Å²) in [5.74, 6) is -1.45. The quantitative estimate of drug-likeness (QED) is 0.848. The van der Waals surface area contributed by atoms with Gasteiger partial charge in [-0.15, -0.1) is 0 Å². The molecule has 0 bridgehead atoms. The van der Waals surface area contributed by atoms with Gasteiger partial charge in [-0.1, -0.05) is 12.2 Å². The monoisotopic (exact) mass is 335 g/mol. The summed E-state index contributed by atoms with van der Waals surface area (Å²) in [4.78, 5) is 16.8. The van der Waals surface area contributed by atoms with Crippen LogP contribution < -0.4 is 10.2 Å². The standard InChI is InChI=1S/C16H15F2N3OS/c17-10-3-4-14(13(18)8-10)21-7-5-11(9-21)20-15(22)12-2-1-6-19-16(12)23/h1-4,6,8,11H,5,7,9H2,(H,19,23)(H,20,22)/t11-/m1/s1. The van der Waals surface area contributed by atoms with E-state index in [4.69, 9.17) is 12.2 Å². The molecular weight excluding hydrogens is 320 g/mol. The molecule has 1 aromatic heterocycles. The molecule has 1 aliphatic heterocycles. The third-order valence-corrected chi connectivity index (χ3v) is 4.17. The Morgan fingerprint density at radius 1 is 1.35 bits per heavy atom. The Hall–Kier alpha value is -2.28. The highest BCUT2D eigenvalue weighted by Gasteiger charge is 2.26. The lowest BCUT2D eigenvalue weighted by Crippen LogP contribution is -2.37. The van der Waals surface area contributed by atoms with E-state index in [1.54, 1.807) is 23.2 Å². The van der Waals surface area contributed by atoms with E-state index in [9.17, 15) is 13.6 Å². The summed E-state index contributed by atoms with van der Waals surface area (Å²) in [6, 6.07) is 6.77. The molecule has 0 aliphatic carbocycles. The average molecular weight is 335 g/mol. The van der Waals surface area contributed by atoms with Crippen molar-refractivity contribution in [1.29, 1.82) is 0 Å². The summed E-state index contributed by atoms with van der Waals surface area (Å²) in [5, 5.41) is 2.90. The molecule has 3 rings (SSSR count). The predicted molar refractivity (Wildman–Crippen MR) is 86.1 cm³/mol. The molecule has 1 amide bonds. The van der Waals surface area contributed by atoms with Gasteiger partial charge in [0.15, 0.2) is 0 Å². The fourth-order valence-electron chi connectivity index (χ4n) is 2.70. The van der Waals surface area contributed by atoms with Gasteiger partial charge < -0.3 is 15.2 Å². The molecule has 1 atom stereocenters. The van der Waals surface area contributed by atoms with E-state index in [1.807, 2.05) is 0 Å². The zero-order chi connectivity index (χ0) is 16.4. The molecule has 0 spiro atoms. The van der Waals surface area contributed by atoms with E-state index in [0.29, 0.717) is 35.4 Å². The van der Waals surface area contributed by atoms with Gasteiger partial charge in [-0.3, -0.25) is 4.79 Å². The highest BCUT2D eigenvalue weighted by atomic mass is 32.1. The average Bonchev–Trinajstić information content (AvgIpc) is 2.95. The number of nitrogens with one attached hydrogen (secondary N) is 2. The first kappa shape index (κ1) is 15.6. The van der Waals surface area contributed by atoms with Gasteiger partial charge in [0, 0.05) is 31.4 Å². The first-order valence-corrected chi connectivity index (χ1v) is 7.64. The zero-order valence-corrected chi connectivity index (χ0v) is 13.0. The molecular formula is C16H15F2N3OS. The number of aromatic amines is 1. The van der Waals surface area contributed by atoms with Crippen molar-refractivity contribution in [1.82, 2.24) is 10.3 Å². The Bertz CT molecular complexity index is 793. The van der Waals surface area contributed by atoms with Crippen LogP contribution in [0.4, 0.5) is 14.5 Å². The topological polar surface area (TPSA) is 48.1 Å². The van der Waals surface area contributed by atoms with Crippen LogP contribution in [0.25, 0.3) is 0 Å². The number of pyridine rings is 1. The lowest BCUT2D eigenvalue weighted by Gasteiger charge is -2.19. The van der Waals surface area contributed by atoms with Crippen molar-refractivity contribution < 1.29 is 13.6 Å². The number of carbonyl (C=O) groups excluding carboxylic acids is 1. The molecule has 7 heteroatoms. The molecule has 1 saturated heterocycles. The van der Waals surface area contributed by atoms with Crippen molar-refractivity contribution in [3.05, 3.63) is 58.4 Å². The van der Waals surface area contributed by atoms with E-state index in [1.165, 1.54) is 12.1 Å². The fraction of sp³-hybridized carbons (Fsp3) is 0.250. The smallest absolute Gasteiger partial charge is 0.254 e. The summed E-state index contributed by atoms with van der Waals surface area (Å²) >= 11 is 5.09. The second-order valence-corrected chi connectivity index (χ2v) is 5.82. The number of hydrogen-bond donors (Lipinski definition) is 2. The van der Waals surface area contributed by atoms with E-state index in [2.05, 4.69) is 10.3 Å². The van der Waals surface area contributed by atoms with E-state index in [-0.39, 0.29) is 11.9 Å². The van der Waals surface area contributed by atoms with Crippen molar-refractivity contribution in [2.45, 2.75) is 12.5 Å². The lowest BCUT2D eigenvalue weighted by molar-refractivity contribution is 0.0939. The van der Waals surface area contributed by atoms with Crippen molar-refractivity contribution >= 4 is 23.8 Å². The van der Waals surface area contributed by atoms with Crippen molar-refractivity contribution in [3.8, 4) is 0 Å². The normalized spacial score (nSPS) is 17.3. The zero-order valence-electron chi connectivity index (χ0n) is 12.2. The van der Waals surface area contributed by atoms with Gasteiger partial charge in [-0.25, -0.2) is 8.78 Å². The lowest BCUT2D eigenvalue weighted by atomic mass is 10.2. The summed E-state index contributed by atoms with van der Waals surface area (Å²) in [6.45, 7) is 1.06. The third-order valence-electron chi connectivity index (χ3n) is 3.84. The molecule has 4 nitrogen and oxygen atoms in total. The number of carbonyl (C=O) groups is 1. The van der Waals surface area contributed by atoms with Crippen molar-refractivity contribution in [2.24, 2.45) is 0 Å². The molecule has 23 heavy (non-hydrogen) atoms. The third kappa shape index (κ3) is 3.39. The van der Waals surface area contributed by atoms with Gasteiger partial charge in [-0.05, 0) is 30.7 Å². The maximum Gasteiger partial charge on any atom is 0.254 e. The van der Waals surface area contributed by atoms with Crippen LogP contribution in [0.2, 0.25) is 0 Å². The van der Waals surface area contributed by atoms with Crippen LogP contribution in [-0.2, 0) is 0 Å². The number of rotatable bonds is 3. The Morgan fingerprint density at radius 3 is 2.91 bits per heavy atom. The van der Waals surface area contributed by atoms with Crippen LogP contribution in [0, 0.1) is 16.3 Å². The van der Waals surface area contributed by atoms with Gasteiger partial charge in [0.1, 0.15) is 16.3 Å². The molecule has 0 saturated carbocycles. The maximum atomic E-state index is 13.8. The number of benzene rings is 1. The van der Waals surface area contributed by atoms with E-state index in [0.717, 1.165) is 6.07 Å². The van der Waals surface area contributed by atoms with Gasteiger partial charge in [0.25, 0.3) is 5.91 Å². The highest BCUT2D eigenvalue weighted by molar-refractivity contribution is 7.71. The Morgan fingerprint density at radius 2 is 2.17 bits per heavy atom. The van der Waals surface area contributed by atoms with Gasteiger partial charge in [0.05, 0.1) is 11.3 Å². The molecule has 1 fully saturated rings. The molecule has 0 radical (unpaired) electrons. The molecule has 2 heterocycles. The van der Waals surface area contributed by atoms with Gasteiger partial charge in [0.2, 0.25) is 0 Å². The molecule has 2 N–H and O–H groups in total. The van der Waals surface area contributed by atoms with Crippen molar-refractivity contribution in [3.63, 3.8) is 0 Å². The Kier molecular flexibility index (Phi) is 4.38. The minimum atomic E-state index is -0.603. The van der Waals surface area contributed by atoms with Crippen LogP contribution in [0.3, 0.4) is 0 Å². The minimum Gasteiger partial charge on any atom is -0.367 e. The summed E-state index contributed by atoms with van der Waals surface area (Å²) in [7, 11) is 0. The van der Waals surface area contributed by atoms with Crippen LogP contribution in [-0.4, -0.2) is 30.0 Å². The summed E-state index contributed by atoms with van der Waals surface area (Å²) in [6.07, 6.45) is 2.35. The molecule has 0 unspecified atom stereocenters. The van der Waals surface area contributed by atoms with Crippen LogP contribution in [0.1, 0.15) is 16.8 Å². The van der Waals surface area contributed by atoms with Crippen LogP contribution >= 0.6 is 12.2 Å². The second-order valence-electron chi connectivity index (χ2n) is 5.41. The Balaban J connectivity index is 1.67. The van der Waals surface area contributed by atoms with Crippen LogP contribution in [0.5, 0.6) is 0 Å². The van der Waals surface area contributed by atoms with E-state index < -0.39 is 11.6 Å². The number of hydrogen-bond acceptors (Lipinski definition) is 3. The van der Waals surface area contributed by atoms with Gasteiger partial charge >= 0.3 is 0 Å². The predicted octanol–water partition coefficient (Wildman–Crippen LogP) is 3.03. The summed E-state index contributed by atoms with van der Waals surface area (Å²) in [5.41, 5.74) is 0.758. The summed E-state index contributed by atoms with van der Waals surface area (Å²) < 4.78 is 27.2. The highest BCUT2D eigenvalue weighted by Crippen LogP contribution is 2.24. The second kappa shape index (κ2) is 6.45.